The van der Waals surface area contributed by atoms with E-state index in [1.807, 2.05) is 6.92 Å². The van der Waals surface area contributed by atoms with Crippen LogP contribution in [0.3, 0.4) is 0 Å². The topological polar surface area (TPSA) is 59.6 Å². The number of carbonyl (C=O) groups is 1. The van der Waals surface area contributed by atoms with Crippen LogP contribution in [0.5, 0.6) is 0 Å². The minimum atomic E-state index is -0.580. The molecule has 1 amide bonds. The molecular formula is C17H25FN2O3. The molecule has 0 spiro atoms. The second-order valence-corrected chi connectivity index (χ2v) is 6.87. The van der Waals surface area contributed by atoms with Crippen molar-refractivity contribution in [3.05, 3.63) is 24.0 Å². The second kappa shape index (κ2) is 7.17. The van der Waals surface area contributed by atoms with Crippen molar-refractivity contribution in [1.29, 1.82) is 0 Å². The fraction of sp³-hybridized carbons (Fsp3) is 0.588. The highest BCUT2D eigenvalue weighted by atomic mass is 19.1. The number of ether oxygens (including phenoxy) is 2. The number of amides is 1. The first-order valence-corrected chi connectivity index (χ1v) is 7.90. The summed E-state index contributed by atoms with van der Waals surface area (Å²) in [4.78, 5) is 11.8. The van der Waals surface area contributed by atoms with Crippen molar-refractivity contribution < 1.29 is 18.7 Å². The highest BCUT2D eigenvalue weighted by Crippen LogP contribution is 2.24. The van der Waals surface area contributed by atoms with Gasteiger partial charge in [0.1, 0.15) is 11.4 Å². The van der Waals surface area contributed by atoms with Gasteiger partial charge in [-0.05, 0) is 58.7 Å². The van der Waals surface area contributed by atoms with E-state index in [2.05, 4.69) is 10.6 Å². The van der Waals surface area contributed by atoms with E-state index in [1.54, 1.807) is 26.8 Å². The van der Waals surface area contributed by atoms with Gasteiger partial charge in [0.15, 0.2) is 0 Å². The zero-order chi connectivity index (χ0) is 17.0. The summed E-state index contributed by atoms with van der Waals surface area (Å²) in [6.45, 7) is 8.03. The fourth-order valence-electron chi connectivity index (χ4n) is 2.48. The predicted molar refractivity (Wildman–Crippen MR) is 88.3 cm³/mol. The molecule has 2 unspecified atom stereocenters. The van der Waals surface area contributed by atoms with Crippen molar-refractivity contribution in [1.82, 2.24) is 0 Å². The van der Waals surface area contributed by atoms with Gasteiger partial charge in [-0.2, -0.15) is 0 Å². The van der Waals surface area contributed by atoms with Crippen molar-refractivity contribution in [2.45, 2.75) is 58.3 Å². The Morgan fingerprint density at radius 1 is 1.39 bits per heavy atom. The number of hydrogen-bond donors (Lipinski definition) is 2. The average Bonchev–Trinajstić information content (AvgIpc) is 2.40. The van der Waals surface area contributed by atoms with Crippen molar-refractivity contribution in [3.8, 4) is 0 Å². The summed E-state index contributed by atoms with van der Waals surface area (Å²) in [7, 11) is 0. The number of nitrogens with one attached hydrogen (secondary N) is 2. The lowest BCUT2D eigenvalue weighted by atomic mass is 10.0. The van der Waals surface area contributed by atoms with Crippen LogP contribution in [0.2, 0.25) is 0 Å². The fourth-order valence-corrected chi connectivity index (χ4v) is 2.48. The Kier molecular flexibility index (Phi) is 5.46. The van der Waals surface area contributed by atoms with Gasteiger partial charge < -0.3 is 14.8 Å². The summed E-state index contributed by atoms with van der Waals surface area (Å²) >= 11 is 0. The van der Waals surface area contributed by atoms with Gasteiger partial charge in [-0.15, -0.1) is 0 Å². The third-order valence-corrected chi connectivity index (χ3v) is 3.46. The second-order valence-electron chi connectivity index (χ2n) is 6.87. The van der Waals surface area contributed by atoms with Crippen LogP contribution in [-0.4, -0.2) is 30.4 Å². The summed E-state index contributed by atoms with van der Waals surface area (Å²) in [6.07, 6.45) is 1.25. The zero-order valence-corrected chi connectivity index (χ0v) is 14.1. The van der Waals surface area contributed by atoms with Gasteiger partial charge in [0.05, 0.1) is 11.8 Å². The molecule has 0 saturated carbocycles. The molecule has 1 aliphatic heterocycles. The van der Waals surface area contributed by atoms with Gasteiger partial charge in [0.2, 0.25) is 0 Å². The van der Waals surface area contributed by atoms with E-state index in [1.165, 1.54) is 12.1 Å². The normalized spacial score (nSPS) is 21.6. The van der Waals surface area contributed by atoms with E-state index in [0.717, 1.165) is 12.8 Å². The van der Waals surface area contributed by atoms with E-state index in [9.17, 15) is 9.18 Å². The van der Waals surface area contributed by atoms with Crippen LogP contribution in [-0.2, 0) is 9.47 Å². The molecule has 2 atom stereocenters. The van der Waals surface area contributed by atoms with Crippen molar-refractivity contribution in [2.75, 3.05) is 17.2 Å². The first-order valence-electron chi connectivity index (χ1n) is 7.90. The Bertz CT molecular complexity index is 557. The van der Waals surface area contributed by atoms with Crippen LogP contribution < -0.4 is 10.6 Å². The maximum Gasteiger partial charge on any atom is 0.412 e. The molecule has 0 bridgehead atoms. The van der Waals surface area contributed by atoms with E-state index in [0.29, 0.717) is 18.0 Å². The SMILES string of the molecule is CC1CC(Nc2cc(NC(=O)OC(C)(C)C)ccc2F)CCO1. The molecule has 0 radical (unpaired) electrons. The van der Waals surface area contributed by atoms with Gasteiger partial charge >= 0.3 is 6.09 Å². The Morgan fingerprint density at radius 2 is 2.13 bits per heavy atom. The molecule has 1 fully saturated rings. The third-order valence-electron chi connectivity index (χ3n) is 3.46. The molecule has 2 rings (SSSR count). The molecule has 0 aromatic heterocycles. The van der Waals surface area contributed by atoms with Gasteiger partial charge in [-0.25, -0.2) is 9.18 Å². The highest BCUT2D eigenvalue weighted by molar-refractivity contribution is 5.85. The first kappa shape index (κ1) is 17.5. The molecule has 6 heteroatoms. The molecule has 2 N–H and O–H groups in total. The molecule has 1 aromatic carbocycles. The minimum Gasteiger partial charge on any atom is -0.444 e. The largest absolute Gasteiger partial charge is 0.444 e. The summed E-state index contributed by atoms with van der Waals surface area (Å²) in [6, 6.07) is 4.58. The number of anilines is 2. The van der Waals surface area contributed by atoms with Crippen LogP contribution in [0.25, 0.3) is 0 Å². The first-order chi connectivity index (χ1) is 10.7. The standard InChI is InChI=1S/C17H25FN2O3/c1-11-9-13(7-8-22-11)19-15-10-12(5-6-14(15)18)20-16(21)23-17(2,3)4/h5-6,10-11,13,19H,7-9H2,1-4H3,(H,20,21). The maximum absolute atomic E-state index is 14.0. The molecule has 5 nitrogen and oxygen atoms in total. The third kappa shape index (κ3) is 5.71. The van der Waals surface area contributed by atoms with Gasteiger partial charge in [-0.3, -0.25) is 5.32 Å². The lowest BCUT2D eigenvalue weighted by Crippen LogP contribution is -2.32. The van der Waals surface area contributed by atoms with Crippen LogP contribution in [0.1, 0.15) is 40.5 Å². The highest BCUT2D eigenvalue weighted by Gasteiger charge is 2.21. The molecule has 1 saturated heterocycles. The quantitative estimate of drug-likeness (QED) is 0.877. The van der Waals surface area contributed by atoms with E-state index in [-0.39, 0.29) is 18.0 Å². The minimum absolute atomic E-state index is 0.157. The van der Waals surface area contributed by atoms with Crippen LogP contribution in [0.4, 0.5) is 20.6 Å². The van der Waals surface area contributed by atoms with Gasteiger partial charge in [0, 0.05) is 18.3 Å². The Hall–Kier alpha value is -1.82. The van der Waals surface area contributed by atoms with Gasteiger partial charge in [-0.1, -0.05) is 0 Å². The van der Waals surface area contributed by atoms with E-state index in [4.69, 9.17) is 9.47 Å². The Balaban J connectivity index is 2.02. The monoisotopic (exact) mass is 324 g/mol. The number of rotatable bonds is 3. The maximum atomic E-state index is 14.0. The lowest BCUT2D eigenvalue weighted by molar-refractivity contribution is 0.0232. The van der Waals surface area contributed by atoms with Crippen molar-refractivity contribution >= 4 is 17.5 Å². The molecule has 1 aliphatic rings. The molecule has 23 heavy (non-hydrogen) atoms. The Labute approximate surface area is 136 Å². The van der Waals surface area contributed by atoms with E-state index >= 15 is 0 Å². The number of carbonyl (C=O) groups excluding carboxylic acids is 1. The zero-order valence-electron chi connectivity index (χ0n) is 14.1. The van der Waals surface area contributed by atoms with Crippen molar-refractivity contribution in [3.63, 3.8) is 0 Å². The summed E-state index contributed by atoms with van der Waals surface area (Å²) < 4.78 is 24.7. The summed E-state index contributed by atoms with van der Waals surface area (Å²) in [5.41, 5.74) is 0.282. The average molecular weight is 324 g/mol. The van der Waals surface area contributed by atoms with Crippen LogP contribution >= 0.6 is 0 Å². The predicted octanol–water partition coefficient (Wildman–Crippen LogP) is 4.15. The molecule has 0 aliphatic carbocycles. The van der Waals surface area contributed by atoms with E-state index < -0.39 is 11.7 Å². The summed E-state index contributed by atoms with van der Waals surface area (Å²) in [5.74, 6) is -0.348. The lowest BCUT2D eigenvalue weighted by Gasteiger charge is -2.29. The van der Waals surface area contributed by atoms with Crippen molar-refractivity contribution in [2.24, 2.45) is 0 Å². The van der Waals surface area contributed by atoms with Gasteiger partial charge in [0.25, 0.3) is 0 Å². The summed E-state index contributed by atoms with van der Waals surface area (Å²) in [5, 5.41) is 5.81. The molecular weight excluding hydrogens is 299 g/mol. The molecule has 1 aromatic rings. The molecule has 1 heterocycles. The smallest absolute Gasteiger partial charge is 0.412 e. The number of halogens is 1. The number of benzene rings is 1. The van der Waals surface area contributed by atoms with Crippen LogP contribution in [0, 0.1) is 5.82 Å². The molecule has 128 valence electrons. The number of hydrogen-bond acceptors (Lipinski definition) is 4. The van der Waals surface area contributed by atoms with Crippen LogP contribution in [0.15, 0.2) is 18.2 Å². The Morgan fingerprint density at radius 3 is 2.78 bits per heavy atom.